The molecule has 0 atom stereocenters. The molecule has 10 heteroatoms. The van der Waals surface area contributed by atoms with E-state index in [1.54, 1.807) is 6.20 Å². The minimum Gasteiger partial charge on any atom is -0.475 e. The van der Waals surface area contributed by atoms with Crippen LogP contribution in [0.5, 0.6) is 0 Å². The minimum absolute atomic E-state index is 0.172. The molecule has 0 bridgehead atoms. The lowest BCUT2D eigenvalue weighted by atomic mass is 10.0. The Morgan fingerprint density at radius 3 is 2.35 bits per heavy atom. The first-order valence-electron chi connectivity index (χ1n) is 8.09. The number of carbonyl (C=O) groups is 2. The van der Waals surface area contributed by atoms with Crippen molar-refractivity contribution in [1.82, 2.24) is 10.3 Å². The number of carbonyl (C=O) groups excluding carboxylic acids is 1. The van der Waals surface area contributed by atoms with E-state index < -0.39 is 12.1 Å². The van der Waals surface area contributed by atoms with E-state index in [0.29, 0.717) is 17.5 Å². The van der Waals surface area contributed by atoms with Crippen molar-refractivity contribution in [2.45, 2.75) is 44.8 Å². The van der Waals surface area contributed by atoms with Gasteiger partial charge in [-0.25, -0.2) is 9.78 Å². The number of carboxylic acids is 1. The molecule has 0 unspecified atom stereocenters. The van der Waals surface area contributed by atoms with Crippen molar-refractivity contribution in [3.05, 3.63) is 23.4 Å². The summed E-state index contributed by atoms with van der Waals surface area (Å²) in [7, 11) is 0. The molecule has 2 heterocycles. The van der Waals surface area contributed by atoms with Crippen LogP contribution in [0.15, 0.2) is 18.3 Å². The molecule has 0 saturated carbocycles. The number of nitrogens with zero attached hydrogens (tertiary/aromatic N) is 2. The predicted molar refractivity (Wildman–Crippen MR) is 91.2 cm³/mol. The summed E-state index contributed by atoms with van der Waals surface area (Å²) in [5, 5.41) is 10.9. The molecule has 1 fully saturated rings. The maximum atomic E-state index is 11.5. The maximum absolute atomic E-state index is 11.5. The van der Waals surface area contributed by atoms with Crippen molar-refractivity contribution in [1.29, 1.82) is 0 Å². The van der Waals surface area contributed by atoms with Crippen LogP contribution in [0, 0.1) is 0 Å². The third kappa shape index (κ3) is 7.90. The molecule has 1 aromatic rings. The standard InChI is InChI=1S/C14H20ClN3O.C2HF3O2/c1-2-3-14(19)17-12-6-8-18(9-7-12)13-5-4-11(15)10-16-13;3-2(4,5)1(6)7/h4-5,10,12H,2-3,6-9H2,1H3,(H,17,19);(H,6,7). The van der Waals surface area contributed by atoms with Gasteiger partial charge in [0.15, 0.2) is 0 Å². The summed E-state index contributed by atoms with van der Waals surface area (Å²) in [5.41, 5.74) is 0. The summed E-state index contributed by atoms with van der Waals surface area (Å²) >= 11 is 5.83. The van der Waals surface area contributed by atoms with Crippen LogP contribution in [-0.4, -0.2) is 47.3 Å². The van der Waals surface area contributed by atoms with E-state index >= 15 is 0 Å². The molecule has 1 aliphatic heterocycles. The Bertz CT molecular complexity index is 589. The fourth-order valence-electron chi connectivity index (χ4n) is 2.33. The number of pyridine rings is 1. The largest absolute Gasteiger partial charge is 0.490 e. The molecule has 1 saturated heterocycles. The van der Waals surface area contributed by atoms with E-state index in [4.69, 9.17) is 21.5 Å². The first-order chi connectivity index (χ1) is 12.1. The van der Waals surface area contributed by atoms with Crippen LogP contribution in [0.4, 0.5) is 19.0 Å². The number of piperidine rings is 1. The van der Waals surface area contributed by atoms with Crippen LogP contribution in [0.2, 0.25) is 5.02 Å². The van der Waals surface area contributed by atoms with E-state index in [-0.39, 0.29) is 5.91 Å². The number of nitrogens with one attached hydrogen (secondary N) is 1. The molecule has 2 N–H and O–H groups in total. The topological polar surface area (TPSA) is 82.5 Å². The maximum Gasteiger partial charge on any atom is 0.490 e. The normalized spacial score (nSPS) is 15.0. The number of aliphatic carboxylic acids is 1. The van der Waals surface area contributed by atoms with Gasteiger partial charge in [-0.3, -0.25) is 4.79 Å². The zero-order chi connectivity index (χ0) is 19.7. The minimum atomic E-state index is -5.08. The van der Waals surface area contributed by atoms with Gasteiger partial charge in [0.2, 0.25) is 5.91 Å². The summed E-state index contributed by atoms with van der Waals surface area (Å²) in [6, 6.07) is 4.11. The van der Waals surface area contributed by atoms with Gasteiger partial charge in [-0.15, -0.1) is 0 Å². The Balaban J connectivity index is 0.000000412. The molecule has 6 nitrogen and oxygen atoms in total. The van der Waals surface area contributed by atoms with Crippen LogP contribution in [0.3, 0.4) is 0 Å². The summed E-state index contributed by atoms with van der Waals surface area (Å²) in [5.74, 6) is -1.62. The second-order valence-corrected chi connectivity index (χ2v) is 6.15. The van der Waals surface area contributed by atoms with Gasteiger partial charge in [0.1, 0.15) is 5.82 Å². The van der Waals surface area contributed by atoms with Gasteiger partial charge in [-0.2, -0.15) is 13.2 Å². The van der Waals surface area contributed by atoms with E-state index in [1.165, 1.54) is 0 Å². The SMILES string of the molecule is CCCC(=O)NC1CCN(c2ccc(Cl)cn2)CC1.O=C(O)C(F)(F)F. The summed E-state index contributed by atoms with van der Waals surface area (Å²) in [4.78, 5) is 27.0. The van der Waals surface area contributed by atoms with Gasteiger partial charge in [0, 0.05) is 31.7 Å². The Labute approximate surface area is 154 Å². The molecular weight excluding hydrogens is 375 g/mol. The van der Waals surface area contributed by atoms with Crippen LogP contribution in [0.25, 0.3) is 0 Å². The number of amides is 1. The Kier molecular flexibility index (Phi) is 8.64. The zero-order valence-corrected chi connectivity index (χ0v) is 15.0. The molecule has 0 radical (unpaired) electrons. The molecule has 0 aromatic carbocycles. The van der Waals surface area contributed by atoms with Crippen molar-refractivity contribution in [2.75, 3.05) is 18.0 Å². The number of rotatable bonds is 4. The monoisotopic (exact) mass is 395 g/mol. The molecule has 0 aliphatic carbocycles. The van der Waals surface area contributed by atoms with Gasteiger partial charge in [-0.1, -0.05) is 18.5 Å². The Morgan fingerprint density at radius 1 is 1.35 bits per heavy atom. The average Bonchev–Trinajstić information content (AvgIpc) is 2.56. The lowest BCUT2D eigenvalue weighted by Crippen LogP contribution is -2.44. The molecule has 1 amide bonds. The lowest BCUT2D eigenvalue weighted by molar-refractivity contribution is -0.192. The number of halogens is 4. The van der Waals surface area contributed by atoms with Crippen LogP contribution in [0.1, 0.15) is 32.6 Å². The van der Waals surface area contributed by atoms with Gasteiger partial charge in [0.25, 0.3) is 0 Å². The van der Waals surface area contributed by atoms with Crippen LogP contribution < -0.4 is 10.2 Å². The third-order valence-corrected chi connectivity index (χ3v) is 3.84. The van der Waals surface area contributed by atoms with Gasteiger partial charge < -0.3 is 15.3 Å². The van der Waals surface area contributed by atoms with Crippen molar-refractivity contribution >= 4 is 29.3 Å². The highest BCUT2D eigenvalue weighted by Crippen LogP contribution is 2.19. The van der Waals surface area contributed by atoms with Crippen LogP contribution >= 0.6 is 11.6 Å². The van der Waals surface area contributed by atoms with Crippen molar-refractivity contribution in [2.24, 2.45) is 0 Å². The quantitative estimate of drug-likeness (QED) is 0.817. The second kappa shape index (κ2) is 10.2. The molecule has 0 spiro atoms. The number of carboxylic acid groups (broad SMARTS) is 1. The van der Waals surface area contributed by atoms with Gasteiger partial charge in [-0.05, 0) is 31.4 Å². The molecule has 2 rings (SSSR count). The first-order valence-corrected chi connectivity index (χ1v) is 8.47. The molecule has 146 valence electrons. The molecule has 1 aliphatic rings. The van der Waals surface area contributed by atoms with E-state index in [2.05, 4.69) is 15.2 Å². The second-order valence-electron chi connectivity index (χ2n) is 5.72. The zero-order valence-electron chi connectivity index (χ0n) is 14.2. The van der Waals surface area contributed by atoms with Crippen molar-refractivity contribution in [3.8, 4) is 0 Å². The smallest absolute Gasteiger partial charge is 0.475 e. The summed E-state index contributed by atoms with van der Waals surface area (Å²) < 4.78 is 31.7. The lowest BCUT2D eigenvalue weighted by Gasteiger charge is -2.33. The summed E-state index contributed by atoms with van der Waals surface area (Å²) in [6.45, 7) is 3.87. The van der Waals surface area contributed by atoms with Crippen molar-refractivity contribution < 1.29 is 27.9 Å². The van der Waals surface area contributed by atoms with E-state index in [0.717, 1.165) is 38.2 Å². The molecule has 26 heavy (non-hydrogen) atoms. The van der Waals surface area contributed by atoms with Crippen molar-refractivity contribution in [3.63, 3.8) is 0 Å². The van der Waals surface area contributed by atoms with Gasteiger partial charge in [0.05, 0.1) is 5.02 Å². The third-order valence-electron chi connectivity index (χ3n) is 3.62. The summed E-state index contributed by atoms with van der Waals surface area (Å²) in [6.07, 6.45) is 0.0594. The fourth-order valence-corrected chi connectivity index (χ4v) is 2.45. The highest BCUT2D eigenvalue weighted by atomic mass is 35.5. The Morgan fingerprint density at radius 2 is 1.92 bits per heavy atom. The molecule has 1 aromatic heterocycles. The average molecular weight is 396 g/mol. The van der Waals surface area contributed by atoms with Gasteiger partial charge >= 0.3 is 12.1 Å². The predicted octanol–water partition coefficient (Wildman–Crippen LogP) is 3.25. The Hall–Kier alpha value is -2.03. The van der Waals surface area contributed by atoms with Crippen LogP contribution in [-0.2, 0) is 9.59 Å². The number of aromatic nitrogens is 1. The van der Waals surface area contributed by atoms with E-state index in [1.807, 2.05) is 19.1 Å². The number of hydrogen-bond acceptors (Lipinski definition) is 4. The van der Waals surface area contributed by atoms with E-state index in [9.17, 15) is 18.0 Å². The highest BCUT2D eigenvalue weighted by molar-refractivity contribution is 6.30. The number of hydrogen-bond donors (Lipinski definition) is 2. The highest BCUT2D eigenvalue weighted by Gasteiger charge is 2.38. The molecular formula is C16H21ClF3N3O3. The first kappa shape index (κ1) is 22.0. The fraction of sp³-hybridized carbons (Fsp3) is 0.562. The number of alkyl halides is 3. The number of anilines is 1.